The van der Waals surface area contributed by atoms with Crippen LogP contribution in [0.15, 0.2) is 40.8 Å². The number of aliphatic hydroxyl groups is 5. The Labute approximate surface area is 186 Å². The molecule has 2 aromatic carbocycles. The van der Waals surface area contributed by atoms with E-state index in [9.17, 15) is 25.2 Å². The average Bonchev–Trinajstić information content (AvgIpc) is 3.18. The highest BCUT2D eigenvalue weighted by Gasteiger charge is 2.33. The highest BCUT2D eigenvalue weighted by atomic mass is 35.5. The van der Waals surface area contributed by atoms with Gasteiger partial charge >= 0.3 is 5.97 Å². The fraction of sp³-hybridized carbons (Fsp3) is 0.300. The Bertz CT molecular complexity index is 1050. The molecule has 0 aliphatic heterocycles. The maximum absolute atomic E-state index is 12.5. The van der Waals surface area contributed by atoms with Crippen LogP contribution in [0.25, 0.3) is 22.6 Å². The molecule has 0 saturated carbocycles. The van der Waals surface area contributed by atoms with Gasteiger partial charge in [0.15, 0.2) is 11.7 Å². The minimum Gasteiger partial charge on any atom is -0.453 e. The van der Waals surface area contributed by atoms with Gasteiger partial charge in [-0.05, 0) is 36.4 Å². The molecule has 1 aromatic heterocycles. The molecule has 9 nitrogen and oxygen atoms in total. The number of aliphatic hydroxyl groups excluding tert-OH is 5. The Morgan fingerprint density at radius 3 is 2.29 bits per heavy atom. The van der Waals surface area contributed by atoms with Crippen LogP contribution >= 0.6 is 23.2 Å². The van der Waals surface area contributed by atoms with E-state index in [0.717, 1.165) is 0 Å². The van der Waals surface area contributed by atoms with Crippen LogP contribution in [0.2, 0.25) is 10.0 Å². The predicted molar refractivity (Wildman–Crippen MR) is 111 cm³/mol. The van der Waals surface area contributed by atoms with Crippen LogP contribution in [-0.2, 0) is 4.74 Å². The molecule has 0 aliphatic carbocycles. The Hall–Kier alpha value is -2.24. The molecule has 3 rings (SSSR count). The third-order valence-corrected chi connectivity index (χ3v) is 4.92. The van der Waals surface area contributed by atoms with Crippen LogP contribution in [-0.4, -0.2) is 74.1 Å². The zero-order valence-electron chi connectivity index (χ0n) is 15.9. The maximum Gasteiger partial charge on any atom is 0.338 e. The quantitative estimate of drug-likeness (QED) is 0.306. The Morgan fingerprint density at radius 2 is 1.68 bits per heavy atom. The zero-order valence-corrected chi connectivity index (χ0v) is 17.4. The van der Waals surface area contributed by atoms with Gasteiger partial charge in [-0.3, -0.25) is 0 Å². The molecule has 0 bridgehead atoms. The third-order valence-electron chi connectivity index (χ3n) is 4.48. The van der Waals surface area contributed by atoms with Gasteiger partial charge in [-0.25, -0.2) is 9.78 Å². The molecule has 31 heavy (non-hydrogen) atoms. The van der Waals surface area contributed by atoms with E-state index >= 15 is 0 Å². The Balaban J connectivity index is 1.81. The molecule has 0 spiro atoms. The first kappa shape index (κ1) is 23.4. The summed E-state index contributed by atoms with van der Waals surface area (Å²) in [4.78, 5) is 16.8. The second kappa shape index (κ2) is 9.92. The van der Waals surface area contributed by atoms with E-state index < -0.39 is 43.6 Å². The lowest BCUT2D eigenvalue weighted by atomic mass is 10.0. The Kier molecular flexibility index (Phi) is 7.50. The number of fused-ring (bicyclic) bond motifs is 1. The number of nitrogens with zero attached hydrogens (tertiary/aromatic N) is 1. The number of rotatable bonds is 8. The maximum atomic E-state index is 12.5. The molecular formula is C20H19Cl2NO8. The van der Waals surface area contributed by atoms with Crippen LogP contribution < -0.4 is 0 Å². The van der Waals surface area contributed by atoms with Gasteiger partial charge in [0.2, 0.25) is 5.89 Å². The summed E-state index contributed by atoms with van der Waals surface area (Å²) in [7, 11) is 0. The molecule has 166 valence electrons. The lowest BCUT2D eigenvalue weighted by molar-refractivity contribution is -0.126. The topological polar surface area (TPSA) is 153 Å². The van der Waals surface area contributed by atoms with Crippen LogP contribution in [0, 0.1) is 0 Å². The van der Waals surface area contributed by atoms with Gasteiger partial charge in [0, 0.05) is 15.6 Å². The SMILES string of the molecule is O=C(O[C@@H](CO)[C@@H](O)[C@H](O)[C@H](O)CO)c1ccc2nc(-c3cc(Cl)cc(Cl)c3)oc2c1. The van der Waals surface area contributed by atoms with E-state index in [0.29, 0.717) is 21.1 Å². The van der Waals surface area contributed by atoms with Crippen LogP contribution in [0.1, 0.15) is 10.4 Å². The van der Waals surface area contributed by atoms with Crippen LogP contribution in [0.3, 0.4) is 0 Å². The number of hydrogen-bond acceptors (Lipinski definition) is 9. The third kappa shape index (κ3) is 5.34. The molecule has 0 radical (unpaired) electrons. The highest BCUT2D eigenvalue weighted by molar-refractivity contribution is 6.35. The summed E-state index contributed by atoms with van der Waals surface area (Å²) in [6, 6.07) is 9.08. The lowest BCUT2D eigenvalue weighted by Gasteiger charge is -2.27. The molecule has 3 aromatic rings. The number of hydrogen-bond donors (Lipinski definition) is 5. The number of esters is 1. The van der Waals surface area contributed by atoms with Crippen molar-refractivity contribution in [2.75, 3.05) is 13.2 Å². The van der Waals surface area contributed by atoms with Crippen molar-refractivity contribution in [3.05, 3.63) is 52.0 Å². The number of aromatic nitrogens is 1. The van der Waals surface area contributed by atoms with Crippen molar-refractivity contribution >= 4 is 40.3 Å². The molecule has 5 N–H and O–H groups in total. The predicted octanol–water partition coefficient (Wildman–Crippen LogP) is 1.39. The molecule has 1 heterocycles. The minimum absolute atomic E-state index is 0.0298. The molecule has 4 atom stereocenters. The van der Waals surface area contributed by atoms with Crippen LogP contribution in [0.4, 0.5) is 0 Å². The first-order valence-corrected chi connectivity index (χ1v) is 9.83. The van der Waals surface area contributed by atoms with Gasteiger partial charge < -0.3 is 34.7 Å². The molecule has 0 unspecified atom stereocenters. The van der Waals surface area contributed by atoms with Crippen molar-refractivity contribution in [2.24, 2.45) is 0 Å². The van der Waals surface area contributed by atoms with E-state index in [1.54, 1.807) is 18.2 Å². The summed E-state index contributed by atoms with van der Waals surface area (Å²) in [6.07, 6.45) is -6.88. The largest absolute Gasteiger partial charge is 0.453 e. The first-order chi connectivity index (χ1) is 14.7. The van der Waals surface area contributed by atoms with E-state index in [-0.39, 0.29) is 17.0 Å². The van der Waals surface area contributed by atoms with E-state index in [4.69, 9.17) is 37.5 Å². The minimum atomic E-state index is -1.83. The number of carbonyl (C=O) groups is 1. The smallest absolute Gasteiger partial charge is 0.338 e. The monoisotopic (exact) mass is 471 g/mol. The summed E-state index contributed by atoms with van der Waals surface area (Å²) in [5.41, 5.74) is 1.28. The van der Waals surface area contributed by atoms with Gasteiger partial charge in [0.1, 0.15) is 23.8 Å². The van der Waals surface area contributed by atoms with Crippen molar-refractivity contribution in [1.29, 1.82) is 0 Å². The number of ether oxygens (including phenoxy) is 1. The van der Waals surface area contributed by atoms with Crippen LogP contribution in [0.5, 0.6) is 0 Å². The number of benzene rings is 2. The fourth-order valence-corrected chi connectivity index (χ4v) is 3.35. The van der Waals surface area contributed by atoms with Crippen molar-refractivity contribution in [3.63, 3.8) is 0 Å². The molecular weight excluding hydrogens is 453 g/mol. The van der Waals surface area contributed by atoms with Gasteiger partial charge in [0.05, 0.1) is 18.8 Å². The summed E-state index contributed by atoms with van der Waals surface area (Å²) in [5, 5.41) is 48.3. The van der Waals surface area contributed by atoms with Gasteiger partial charge in [-0.1, -0.05) is 23.2 Å². The Morgan fingerprint density at radius 1 is 1.00 bits per heavy atom. The normalized spacial score (nSPS) is 15.5. The molecule has 0 saturated heterocycles. The van der Waals surface area contributed by atoms with Gasteiger partial charge in [0.25, 0.3) is 0 Å². The summed E-state index contributed by atoms with van der Waals surface area (Å²) in [6.45, 7) is -1.65. The standard InChI is InChI=1S/C20H19Cl2NO8/c21-11-3-10(4-12(22)6-11)19-23-13-2-1-9(5-15(13)30-19)20(29)31-16(8-25)18(28)17(27)14(26)7-24/h1-6,14,16-18,24-28H,7-8H2/t14-,16+,17-,18-/m1/s1. The van der Waals surface area contributed by atoms with Gasteiger partial charge in [-0.2, -0.15) is 0 Å². The molecule has 0 amide bonds. The van der Waals surface area contributed by atoms with Crippen molar-refractivity contribution in [2.45, 2.75) is 24.4 Å². The van der Waals surface area contributed by atoms with E-state index in [1.165, 1.54) is 18.2 Å². The first-order valence-electron chi connectivity index (χ1n) is 9.07. The summed E-state index contributed by atoms with van der Waals surface area (Å²) in [5.74, 6) is -0.691. The number of oxazole rings is 1. The number of halogens is 2. The van der Waals surface area contributed by atoms with Crippen molar-refractivity contribution in [3.8, 4) is 11.5 Å². The van der Waals surface area contributed by atoms with E-state index in [2.05, 4.69) is 4.98 Å². The molecule has 0 aliphatic rings. The highest BCUT2D eigenvalue weighted by Crippen LogP contribution is 2.29. The lowest BCUT2D eigenvalue weighted by Crippen LogP contribution is -2.48. The summed E-state index contributed by atoms with van der Waals surface area (Å²) < 4.78 is 10.7. The fourth-order valence-electron chi connectivity index (χ4n) is 2.83. The second-order valence-corrected chi connectivity index (χ2v) is 7.59. The van der Waals surface area contributed by atoms with Crippen molar-refractivity contribution < 1.29 is 39.5 Å². The van der Waals surface area contributed by atoms with E-state index in [1.807, 2.05) is 0 Å². The zero-order chi connectivity index (χ0) is 22.7. The second-order valence-electron chi connectivity index (χ2n) is 6.72. The number of carbonyl (C=O) groups excluding carboxylic acids is 1. The summed E-state index contributed by atoms with van der Waals surface area (Å²) >= 11 is 12.0. The van der Waals surface area contributed by atoms with Gasteiger partial charge in [-0.15, -0.1) is 0 Å². The van der Waals surface area contributed by atoms with Crippen molar-refractivity contribution in [1.82, 2.24) is 4.98 Å². The molecule has 0 fully saturated rings. The molecule has 11 heteroatoms. The average molecular weight is 472 g/mol.